The number of nitrogens with one attached hydrogen (secondary N) is 1. The molecule has 1 N–H and O–H groups in total. The average Bonchev–Trinajstić information content (AvgIpc) is 2.48. The molecule has 0 bridgehead atoms. The maximum atomic E-state index is 13.4. The Morgan fingerprint density at radius 3 is 3.10 bits per heavy atom. The highest BCUT2D eigenvalue weighted by Crippen LogP contribution is 2.20. The number of hydrogen-bond donors (Lipinski definition) is 1. The standard InChI is InChI=1S/C17H27FN2O/c1-14-5-6-17(18)10-16(14)13-20-8-3-4-15(12-20)11-19-7-9-21-2/h5-6,10,15,19H,3-4,7-9,11-13H2,1-2H3. The van der Waals surface area contributed by atoms with Crippen molar-refractivity contribution in [3.63, 3.8) is 0 Å². The van der Waals surface area contributed by atoms with Crippen molar-refractivity contribution in [2.45, 2.75) is 26.3 Å². The SMILES string of the molecule is COCCNCC1CCCN(Cc2cc(F)ccc2C)C1. The van der Waals surface area contributed by atoms with E-state index in [0.29, 0.717) is 5.92 Å². The Balaban J connectivity index is 1.82. The lowest BCUT2D eigenvalue weighted by molar-refractivity contribution is 0.159. The summed E-state index contributed by atoms with van der Waals surface area (Å²) in [6.45, 7) is 7.85. The van der Waals surface area contributed by atoms with Gasteiger partial charge in [-0.3, -0.25) is 4.90 Å². The normalized spacial score (nSPS) is 19.9. The predicted molar refractivity (Wildman–Crippen MR) is 83.9 cm³/mol. The van der Waals surface area contributed by atoms with Gasteiger partial charge in [0.2, 0.25) is 0 Å². The number of hydrogen-bond acceptors (Lipinski definition) is 3. The Kier molecular flexibility index (Phi) is 6.61. The molecule has 2 rings (SSSR count). The molecule has 4 heteroatoms. The summed E-state index contributed by atoms with van der Waals surface area (Å²) in [7, 11) is 1.73. The topological polar surface area (TPSA) is 24.5 Å². The van der Waals surface area contributed by atoms with Gasteiger partial charge in [-0.15, -0.1) is 0 Å². The van der Waals surface area contributed by atoms with Crippen LogP contribution in [0.5, 0.6) is 0 Å². The molecular formula is C17H27FN2O. The predicted octanol–water partition coefficient (Wildman–Crippen LogP) is 2.58. The van der Waals surface area contributed by atoms with Gasteiger partial charge in [-0.05, 0) is 62.0 Å². The fourth-order valence-electron chi connectivity index (χ4n) is 2.99. The molecule has 1 atom stereocenters. The Labute approximate surface area is 127 Å². The molecule has 1 unspecified atom stereocenters. The van der Waals surface area contributed by atoms with Crippen LogP contribution >= 0.6 is 0 Å². The second-order valence-electron chi connectivity index (χ2n) is 6.01. The summed E-state index contributed by atoms with van der Waals surface area (Å²) in [5, 5.41) is 3.45. The minimum atomic E-state index is -0.134. The van der Waals surface area contributed by atoms with Gasteiger partial charge in [0.25, 0.3) is 0 Å². The number of halogens is 1. The van der Waals surface area contributed by atoms with Crippen molar-refractivity contribution in [2.24, 2.45) is 5.92 Å². The number of rotatable bonds is 7. The van der Waals surface area contributed by atoms with Crippen LogP contribution in [0.25, 0.3) is 0 Å². The third-order valence-corrected chi connectivity index (χ3v) is 4.22. The first-order valence-corrected chi connectivity index (χ1v) is 7.86. The van der Waals surface area contributed by atoms with Crippen LogP contribution < -0.4 is 5.32 Å². The van der Waals surface area contributed by atoms with E-state index in [0.717, 1.165) is 44.9 Å². The summed E-state index contributed by atoms with van der Waals surface area (Å²) in [6.07, 6.45) is 2.50. The van der Waals surface area contributed by atoms with Gasteiger partial charge in [0.05, 0.1) is 6.61 Å². The molecule has 118 valence electrons. The number of benzene rings is 1. The van der Waals surface area contributed by atoms with Gasteiger partial charge in [-0.2, -0.15) is 0 Å². The Morgan fingerprint density at radius 2 is 2.29 bits per heavy atom. The molecule has 0 aliphatic carbocycles. The maximum Gasteiger partial charge on any atom is 0.123 e. The van der Waals surface area contributed by atoms with E-state index in [4.69, 9.17) is 4.74 Å². The summed E-state index contributed by atoms with van der Waals surface area (Å²) in [5.74, 6) is 0.551. The molecule has 21 heavy (non-hydrogen) atoms. The molecule has 0 aromatic heterocycles. The van der Waals surface area contributed by atoms with Crippen molar-refractivity contribution >= 4 is 0 Å². The fraction of sp³-hybridized carbons (Fsp3) is 0.647. The number of likely N-dealkylation sites (tertiary alicyclic amines) is 1. The highest BCUT2D eigenvalue weighted by atomic mass is 19.1. The Hall–Kier alpha value is -0.970. The number of nitrogens with zero attached hydrogens (tertiary/aromatic N) is 1. The molecule has 3 nitrogen and oxygen atoms in total. The quantitative estimate of drug-likeness (QED) is 0.782. The van der Waals surface area contributed by atoms with Crippen LogP contribution in [0.15, 0.2) is 18.2 Å². The third kappa shape index (κ3) is 5.38. The van der Waals surface area contributed by atoms with E-state index in [2.05, 4.69) is 17.1 Å². The second kappa shape index (κ2) is 8.47. The fourth-order valence-corrected chi connectivity index (χ4v) is 2.99. The second-order valence-corrected chi connectivity index (χ2v) is 6.01. The van der Waals surface area contributed by atoms with Crippen molar-refractivity contribution < 1.29 is 9.13 Å². The third-order valence-electron chi connectivity index (χ3n) is 4.22. The minimum Gasteiger partial charge on any atom is -0.383 e. The molecule has 0 amide bonds. The van der Waals surface area contributed by atoms with Crippen LogP contribution in [0.2, 0.25) is 0 Å². The van der Waals surface area contributed by atoms with E-state index in [9.17, 15) is 4.39 Å². The van der Waals surface area contributed by atoms with E-state index in [-0.39, 0.29) is 5.82 Å². The van der Waals surface area contributed by atoms with Gasteiger partial charge in [0.15, 0.2) is 0 Å². The average molecular weight is 294 g/mol. The first-order valence-electron chi connectivity index (χ1n) is 7.86. The molecule has 0 spiro atoms. The molecule has 1 aromatic carbocycles. The first kappa shape index (κ1) is 16.4. The van der Waals surface area contributed by atoms with Crippen LogP contribution in [-0.2, 0) is 11.3 Å². The Bertz CT molecular complexity index is 439. The number of methoxy groups -OCH3 is 1. The van der Waals surface area contributed by atoms with Crippen LogP contribution in [0.4, 0.5) is 4.39 Å². The number of aryl methyl sites for hydroxylation is 1. The highest BCUT2D eigenvalue weighted by molar-refractivity contribution is 5.26. The number of ether oxygens (including phenoxy) is 1. The van der Waals surface area contributed by atoms with E-state index < -0.39 is 0 Å². The molecule has 1 fully saturated rings. The molecule has 1 aliphatic heterocycles. The molecule has 1 aliphatic rings. The summed E-state index contributed by atoms with van der Waals surface area (Å²) < 4.78 is 18.4. The summed E-state index contributed by atoms with van der Waals surface area (Å²) in [4.78, 5) is 2.45. The van der Waals surface area contributed by atoms with Crippen molar-refractivity contribution in [2.75, 3.05) is 39.9 Å². The van der Waals surface area contributed by atoms with Crippen molar-refractivity contribution in [3.8, 4) is 0 Å². The zero-order chi connectivity index (χ0) is 15.1. The van der Waals surface area contributed by atoms with E-state index >= 15 is 0 Å². The van der Waals surface area contributed by atoms with Crippen molar-refractivity contribution in [1.82, 2.24) is 10.2 Å². The molecule has 1 heterocycles. The van der Waals surface area contributed by atoms with Crippen LogP contribution in [-0.4, -0.2) is 44.8 Å². The minimum absolute atomic E-state index is 0.134. The lowest BCUT2D eigenvalue weighted by atomic mass is 9.97. The first-order chi connectivity index (χ1) is 10.2. The van der Waals surface area contributed by atoms with Crippen molar-refractivity contribution in [3.05, 3.63) is 35.1 Å². The van der Waals surface area contributed by atoms with Gasteiger partial charge >= 0.3 is 0 Å². The molecule has 1 aromatic rings. The van der Waals surface area contributed by atoms with E-state index in [1.165, 1.54) is 24.5 Å². The molecule has 0 saturated carbocycles. The highest BCUT2D eigenvalue weighted by Gasteiger charge is 2.20. The van der Waals surface area contributed by atoms with Crippen LogP contribution in [0.1, 0.15) is 24.0 Å². The van der Waals surface area contributed by atoms with E-state index in [1.807, 2.05) is 6.07 Å². The van der Waals surface area contributed by atoms with Gasteiger partial charge in [0.1, 0.15) is 5.82 Å². The lowest BCUT2D eigenvalue weighted by Crippen LogP contribution is -2.39. The van der Waals surface area contributed by atoms with Gasteiger partial charge in [-0.1, -0.05) is 6.07 Å². The summed E-state index contributed by atoms with van der Waals surface area (Å²) >= 11 is 0. The smallest absolute Gasteiger partial charge is 0.123 e. The Morgan fingerprint density at radius 1 is 1.43 bits per heavy atom. The van der Waals surface area contributed by atoms with Gasteiger partial charge < -0.3 is 10.1 Å². The maximum absolute atomic E-state index is 13.4. The van der Waals surface area contributed by atoms with Crippen LogP contribution in [0.3, 0.4) is 0 Å². The zero-order valence-electron chi connectivity index (χ0n) is 13.2. The van der Waals surface area contributed by atoms with Gasteiger partial charge in [-0.25, -0.2) is 4.39 Å². The van der Waals surface area contributed by atoms with Gasteiger partial charge in [0, 0.05) is 26.7 Å². The van der Waals surface area contributed by atoms with Crippen LogP contribution in [0, 0.1) is 18.7 Å². The van der Waals surface area contributed by atoms with E-state index in [1.54, 1.807) is 13.2 Å². The molecular weight excluding hydrogens is 267 g/mol. The number of piperidine rings is 1. The van der Waals surface area contributed by atoms with Crippen molar-refractivity contribution in [1.29, 1.82) is 0 Å². The lowest BCUT2D eigenvalue weighted by Gasteiger charge is -2.33. The molecule has 1 saturated heterocycles. The largest absolute Gasteiger partial charge is 0.383 e. The monoisotopic (exact) mass is 294 g/mol. The summed E-state index contributed by atoms with van der Waals surface area (Å²) in [5.41, 5.74) is 2.29. The molecule has 0 radical (unpaired) electrons. The summed E-state index contributed by atoms with van der Waals surface area (Å²) in [6, 6.07) is 5.09. The zero-order valence-corrected chi connectivity index (χ0v) is 13.2.